The first kappa shape index (κ1) is 15.3. The van der Waals surface area contributed by atoms with Crippen LogP contribution < -0.4 is 5.73 Å². The molecule has 1 saturated heterocycles. The molecule has 1 aliphatic rings. The maximum atomic E-state index is 6.30. The Kier molecular flexibility index (Phi) is 6.24. The van der Waals surface area contributed by atoms with Crippen LogP contribution in [0.4, 0.5) is 0 Å². The Labute approximate surface area is 121 Å². The molecule has 96 valence electrons. The van der Waals surface area contributed by atoms with Gasteiger partial charge in [-0.2, -0.15) is 0 Å². The number of benzene rings is 1. The molecular weight excluding hydrogens is 325 g/mol. The first-order chi connectivity index (χ1) is 7.68. The monoisotopic (exact) mass is 339 g/mol. The number of nitrogens with two attached hydrogens (primary N) is 1. The Morgan fingerprint density at radius 3 is 2.65 bits per heavy atom. The van der Waals surface area contributed by atoms with Gasteiger partial charge < -0.3 is 10.5 Å². The lowest BCUT2D eigenvalue weighted by Crippen LogP contribution is -2.27. The molecule has 2 N–H and O–H groups in total. The maximum Gasteiger partial charge on any atom is 0.0469 e. The van der Waals surface area contributed by atoms with Crippen molar-refractivity contribution in [1.29, 1.82) is 0 Å². The van der Waals surface area contributed by atoms with Gasteiger partial charge in [0.15, 0.2) is 0 Å². The van der Waals surface area contributed by atoms with E-state index in [9.17, 15) is 0 Å². The van der Waals surface area contributed by atoms with E-state index in [0.717, 1.165) is 41.1 Å². The number of hydrogen-bond acceptors (Lipinski definition) is 2. The van der Waals surface area contributed by atoms with Crippen molar-refractivity contribution in [3.05, 3.63) is 33.3 Å². The molecule has 1 fully saturated rings. The molecule has 0 aromatic heterocycles. The van der Waals surface area contributed by atoms with Gasteiger partial charge in [-0.15, -0.1) is 12.4 Å². The van der Waals surface area contributed by atoms with Crippen LogP contribution in [0.3, 0.4) is 0 Å². The molecular formula is C12H16BrCl2NO. The molecule has 0 aliphatic carbocycles. The van der Waals surface area contributed by atoms with Crippen LogP contribution >= 0.6 is 39.9 Å². The van der Waals surface area contributed by atoms with Gasteiger partial charge in [-0.05, 0) is 42.5 Å². The minimum atomic E-state index is 0. The molecule has 2 nitrogen and oxygen atoms in total. The fourth-order valence-corrected chi connectivity index (χ4v) is 2.79. The number of rotatable bonds is 2. The molecule has 0 bridgehead atoms. The Hall–Kier alpha value is 0.200. The van der Waals surface area contributed by atoms with E-state index in [0.29, 0.717) is 5.92 Å². The summed E-state index contributed by atoms with van der Waals surface area (Å²) in [5, 5.41) is 0.737. The van der Waals surface area contributed by atoms with Gasteiger partial charge in [0.25, 0.3) is 0 Å². The van der Waals surface area contributed by atoms with Crippen molar-refractivity contribution in [2.75, 3.05) is 13.2 Å². The highest BCUT2D eigenvalue weighted by Crippen LogP contribution is 2.33. The molecule has 1 aromatic carbocycles. The highest BCUT2D eigenvalue weighted by Gasteiger charge is 2.23. The summed E-state index contributed by atoms with van der Waals surface area (Å²) in [5.74, 6) is 0.489. The van der Waals surface area contributed by atoms with Crippen molar-refractivity contribution in [2.24, 2.45) is 11.7 Å². The standard InChI is InChI=1S/C12H15BrClNO.ClH/c13-11-2-1-9(14)7-10(11)12(15)8-3-5-16-6-4-8;/h1-2,7-8,12H,3-6,15H2;1H/t12-;/m0./s1. The van der Waals surface area contributed by atoms with E-state index >= 15 is 0 Å². The Bertz CT molecular complexity index is 370. The van der Waals surface area contributed by atoms with Crippen LogP contribution in [-0.4, -0.2) is 13.2 Å². The van der Waals surface area contributed by atoms with Crippen molar-refractivity contribution in [1.82, 2.24) is 0 Å². The average Bonchev–Trinajstić information content (AvgIpc) is 2.32. The van der Waals surface area contributed by atoms with E-state index in [4.69, 9.17) is 22.1 Å². The van der Waals surface area contributed by atoms with Crippen molar-refractivity contribution in [2.45, 2.75) is 18.9 Å². The molecule has 1 atom stereocenters. The second-order valence-electron chi connectivity index (χ2n) is 4.14. The molecule has 0 radical (unpaired) electrons. The Morgan fingerprint density at radius 1 is 1.35 bits per heavy atom. The third-order valence-corrected chi connectivity index (χ3v) is 4.05. The van der Waals surface area contributed by atoms with E-state index in [2.05, 4.69) is 15.9 Å². The smallest absolute Gasteiger partial charge is 0.0469 e. The lowest BCUT2D eigenvalue weighted by molar-refractivity contribution is 0.0583. The molecule has 0 amide bonds. The fraction of sp³-hybridized carbons (Fsp3) is 0.500. The topological polar surface area (TPSA) is 35.2 Å². The summed E-state index contributed by atoms with van der Waals surface area (Å²) in [4.78, 5) is 0. The summed E-state index contributed by atoms with van der Waals surface area (Å²) < 4.78 is 6.38. The molecule has 0 unspecified atom stereocenters. The highest BCUT2D eigenvalue weighted by atomic mass is 79.9. The van der Waals surface area contributed by atoms with Crippen LogP contribution in [0.2, 0.25) is 5.02 Å². The quantitative estimate of drug-likeness (QED) is 0.884. The Morgan fingerprint density at radius 2 is 2.00 bits per heavy atom. The van der Waals surface area contributed by atoms with E-state index < -0.39 is 0 Å². The van der Waals surface area contributed by atoms with Crippen LogP contribution in [0.1, 0.15) is 24.4 Å². The summed E-state index contributed by atoms with van der Waals surface area (Å²) in [5.41, 5.74) is 7.39. The van der Waals surface area contributed by atoms with Crippen LogP contribution in [0.5, 0.6) is 0 Å². The fourth-order valence-electron chi connectivity index (χ4n) is 2.10. The summed E-state index contributed by atoms with van der Waals surface area (Å²) >= 11 is 9.53. The SMILES string of the molecule is Cl.N[C@H](c1cc(Cl)ccc1Br)C1CCOCC1. The van der Waals surface area contributed by atoms with Crippen molar-refractivity contribution < 1.29 is 4.74 Å². The number of halogens is 3. The van der Waals surface area contributed by atoms with Gasteiger partial charge in [0.1, 0.15) is 0 Å². The highest BCUT2D eigenvalue weighted by molar-refractivity contribution is 9.10. The zero-order valence-corrected chi connectivity index (χ0v) is 12.5. The normalized spacial score (nSPS) is 18.5. The molecule has 1 aliphatic heterocycles. The van der Waals surface area contributed by atoms with Crippen molar-refractivity contribution >= 4 is 39.9 Å². The van der Waals surface area contributed by atoms with Crippen molar-refractivity contribution in [3.63, 3.8) is 0 Å². The van der Waals surface area contributed by atoms with Gasteiger partial charge in [-0.3, -0.25) is 0 Å². The molecule has 0 spiro atoms. The minimum Gasteiger partial charge on any atom is -0.381 e. The number of ether oxygens (including phenoxy) is 1. The largest absolute Gasteiger partial charge is 0.381 e. The second-order valence-corrected chi connectivity index (χ2v) is 5.43. The van der Waals surface area contributed by atoms with Gasteiger partial charge >= 0.3 is 0 Å². The number of hydrogen-bond donors (Lipinski definition) is 1. The predicted octanol–water partition coefficient (Wildman–Crippen LogP) is 3.95. The molecule has 0 saturated carbocycles. The summed E-state index contributed by atoms with van der Waals surface area (Å²) in [6.07, 6.45) is 2.06. The van der Waals surface area contributed by atoms with E-state index in [1.807, 2.05) is 18.2 Å². The van der Waals surface area contributed by atoms with Crippen LogP contribution in [0.25, 0.3) is 0 Å². The van der Waals surface area contributed by atoms with Gasteiger partial charge in [0, 0.05) is 28.8 Å². The molecule has 1 heterocycles. The van der Waals surface area contributed by atoms with Crippen molar-refractivity contribution in [3.8, 4) is 0 Å². The molecule has 17 heavy (non-hydrogen) atoms. The first-order valence-corrected chi connectivity index (χ1v) is 6.64. The molecule has 5 heteroatoms. The van der Waals surface area contributed by atoms with Crippen LogP contribution in [0, 0.1) is 5.92 Å². The minimum absolute atomic E-state index is 0. The van der Waals surface area contributed by atoms with Gasteiger partial charge in [-0.25, -0.2) is 0 Å². The van der Waals surface area contributed by atoms with E-state index in [1.54, 1.807) is 0 Å². The van der Waals surface area contributed by atoms with Gasteiger partial charge in [-0.1, -0.05) is 27.5 Å². The zero-order valence-electron chi connectivity index (χ0n) is 9.36. The molecule has 2 rings (SSSR count). The summed E-state index contributed by atoms with van der Waals surface area (Å²) in [7, 11) is 0. The molecule has 1 aromatic rings. The second kappa shape index (κ2) is 6.95. The first-order valence-electron chi connectivity index (χ1n) is 5.47. The summed E-state index contributed by atoms with van der Waals surface area (Å²) in [6, 6.07) is 5.81. The van der Waals surface area contributed by atoms with E-state index in [1.165, 1.54) is 0 Å². The Balaban J connectivity index is 0.00000144. The zero-order chi connectivity index (χ0) is 11.5. The summed E-state index contributed by atoms with van der Waals surface area (Å²) in [6.45, 7) is 1.63. The van der Waals surface area contributed by atoms with Gasteiger partial charge in [0.2, 0.25) is 0 Å². The third-order valence-electron chi connectivity index (χ3n) is 3.09. The van der Waals surface area contributed by atoms with Gasteiger partial charge in [0.05, 0.1) is 0 Å². The predicted molar refractivity (Wildman–Crippen MR) is 76.9 cm³/mol. The van der Waals surface area contributed by atoms with Crippen LogP contribution in [-0.2, 0) is 4.74 Å². The average molecular weight is 341 g/mol. The maximum absolute atomic E-state index is 6.30. The third kappa shape index (κ3) is 3.83. The van der Waals surface area contributed by atoms with E-state index in [-0.39, 0.29) is 18.4 Å². The lowest BCUT2D eigenvalue weighted by atomic mass is 9.88. The lowest BCUT2D eigenvalue weighted by Gasteiger charge is -2.28. The van der Waals surface area contributed by atoms with Crippen LogP contribution in [0.15, 0.2) is 22.7 Å².